The van der Waals surface area contributed by atoms with E-state index in [0.29, 0.717) is 6.04 Å². The average molecular weight is 247 g/mol. The summed E-state index contributed by atoms with van der Waals surface area (Å²) in [6.45, 7) is 9.54. The van der Waals surface area contributed by atoms with Crippen molar-refractivity contribution in [2.24, 2.45) is 5.73 Å². The number of para-hydroxylation sites is 1. The number of anilines is 1. The zero-order valence-electron chi connectivity index (χ0n) is 11.6. The molecule has 1 heterocycles. The number of nitrogens with zero attached hydrogens (tertiary/aromatic N) is 2. The molecular formula is C15H25N3. The van der Waals surface area contributed by atoms with E-state index in [1.54, 1.807) is 0 Å². The molecule has 3 heteroatoms. The fourth-order valence-electron chi connectivity index (χ4n) is 2.82. The Morgan fingerprint density at radius 1 is 1.28 bits per heavy atom. The maximum absolute atomic E-state index is 6.00. The molecule has 1 aromatic carbocycles. The Balaban J connectivity index is 2.10. The summed E-state index contributed by atoms with van der Waals surface area (Å²) < 4.78 is 0. The molecule has 1 aliphatic heterocycles. The van der Waals surface area contributed by atoms with E-state index >= 15 is 0 Å². The van der Waals surface area contributed by atoms with Gasteiger partial charge in [-0.15, -0.1) is 0 Å². The van der Waals surface area contributed by atoms with E-state index in [1.807, 2.05) is 0 Å². The van der Waals surface area contributed by atoms with Crippen molar-refractivity contribution < 1.29 is 0 Å². The lowest BCUT2D eigenvalue weighted by molar-refractivity contribution is 0.280. The van der Waals surface area contributed by atoms with E-state index in [9.17, 15) is 0 Å². The van der Waals surface area contributed by atoms with Gasteiger partial charge in [0.2, 0.25) is 0 Å². The van der Waals surface area contributed by atoms with Crippen molar-refractivity contribution in [2.75, 3.05) is 37.6 Å². The van der Waals surface area contributed by atoms with Crippen molar-refractivity contribution in [1.29, 1.82) is 0 Å². The molecule has 0 amide bonds. The molecule has 1 unspecified atom stereocenters. The first kappa shape index (κ1) is 13.4. The van der Waals surface area contributed by atoms with Crippen LogP contribution in [0.4, 0.5) is 5.69 Å². The number of hydrogen-bond acceptors (Lipinski definition) is 3. The van der Waals surface area contributed by atoms with Crippen molar-refractivity contribution in [1.82, 2.24) is 4.90 Å². The molecule has 1 atom stereocenters. The van der Waals surface area contributed by atoms with Crippen LogP contribution in [0.2, 0.25) is 0 Å². The lowest BCUT2D eigenvalue weighted by Crippen LogP contribution is -2.47. The molecule has 0 saturated carbocycles. The first-order chi connectivity index (χ1) is 8.80. The molecule has 2 rings (SSSR count). The van der Waals surface area contributed by atoms with Crippen molar-refractivity contribution >= 4 is 5.69 Å². The van der Waals surface area contributed by atoms with Crippen LogP contribution in [-0.4, -0.2) is 43.7 Å². The van der Waals surface area contributed by atoms with E-state index in [-0.39, 0.29) is 0 Å². The molecule has 0 fully saturated rings. The van der Waals surface area contributed by atoms with Crippen molar-refractivity contribution in [2.45, 2.75) is 26.3 Å². The minimum Gasteiger partial charge on any atom is -0.365 e. The zero-order valence-corrected chi connectivity index (χ0v) is 11.6. The molecule has 18 heavy (non-hydrogen) atoms. The van der Waals surface area contributed by atoms with Gasteiger partial charge in [-0.05, 0) is 31.1 Å². The Kier molecular flexibility index (Phi) is 4.61. The molecule has 0 aliphatic carbocycles. The molecule has 0 saturated heterocycles. The minimum absolute atomic E-state index is 0.438. The molecule has 0 radical (unpaired) electrons. The van der Waals surface area contributed by atoms with Gasteiger partial charge in [0.15, 0.2) is 0 Å². The lowest BCUT2D eigenvalue weighted by atomic mass is 10.1. The van der Waals surface area contributed by atoms with E-state index in [4.69, 9.17) is 5.73 Å². The monoisotopic (exact) mass is 247 g/mol. The summed E-state index contributed by atoms with van der Waals surface area (Å²) in [5.41, 5.74) is 8.86. The Morgan fingerprint density at radius 2 is 2.00 bits per heavy atom. The standard InChI is InChI=1S/C15H25N3/c1-3-17(4-2)12-14(11-16)18-10-9-13-7-5-6-8-15(13)18/h5-8,14H,3-4,9-12,16H2,1-2H3. The lowest BCUT2D eigenvalue weighted by Gasteiger charge is -2.33. The van der Waals surface area contributed by atoms with Gasteiger partial charge < -0.3 is 15.5 Å². The fraction of sp³-hybridized carbons (Fsp3) is 0.600. The van der Waals surface area contributed by atoms with Crippen LogP contribution in [0.15, 0.2) is 24.3 Å². The molecule has 1 aliphatic rings. The normalized spacial score (nSPS) is 16.1. The van der Waals surface area contributed by atoms with Gasteiger partial charge in [-0.3, -0.25) is 0 Å². The van der Waals surface area contributed by atoms with Gasteiger partial charge in [-0.25, -0.2) is 0 Å². The average Bonchev–Trinajstić information content (AvgIpc) is 2.84. The number of hydrogen-bond donors (Lipinski definition) is 1. The van der Waals surface area contributed by atoms with E-state index in [2.05, 4.69) is 47.9 Å². The van der Waals surface area contributed by atoms with Crippen LogP contribution in [0.5, 0.6) is 0 Å². The molecule has 1 aromatic rings. The van der Waals surface area contributed by atoms with Gasteiger partial charge in [0.1, 0.15) is 0 Å². The molecular weight excluding hydrogens is 222 g/mol. The predicted molar refractivity (Wildman–Crippen MR) is 78.1 cm³/mol. The quantitative estimate of drug-likeness (QED) is 0.831. The minimum atomic E-state index is 0.438. The third-order valence-electron chi connectivity index (χ3n) is 4.00. The molecule has 100 valence electrons. The van der Waals surface area contributed by atoms with Crippen LogP contribution in [-0.2, 0) is 6.42 Å². The number of likely N-dealkylation sites (N-methyl/N-ethyl adjacent to an activating group) is 1. The van der Waals surface area contributed by atoms with Crippen LogP contribution < -0.4 is 10.6 Å². The largest absolute Gasteiger partial charge is 0.365 e. The van der Waals surface area contributed by atoms with Crippen molar-refractivity contribution in [3.63, 3.8) is 0 Å². The Bertz CT molecular complexity index is 374. The zero-order chi connectivity index (χ0) is 13.0. The van der Waals surface area contributed by atoms with Crippen LogP contribution in [0.3, 0.4) is 0 Å². The number of rotatable bonds is 6. The summed E-state index contributed by atoms with van der Waals surface area (Å²) in [4.78, 5) is 4.95. The molecule has 3 nitrogen and oxygen atoms in total. The van der Waals surface area contributed by atoms with Crippen molar-refractivity contribution in [3.05, 3.63) is 29.8 Å². The maximum atomic E-state index is 6.00. The Morgan fingerprint density at radius 3 is 2.67 bits per heavy atom. The summed E-state index contributed by atoms with van der Waals surface area (Å²) in [7, 11) is 0. The third kappa shape index (κ3) is 2.68. The highest BCUT2D eigenvalue weighted by Crippen LogP contribution is 2.29. The van der Waals surface area contributed by atoms with Gasteiger partial charge in [0, 0.05) is 25.3 Å². The second-order valence-electron chi connectivity index (χ2n) is 4.95. The smallest absolute Gasteiger partial charge is 0.0539 e. The molecule has 2 N–H and O–H groups in total. The van der Waals surface area contributed by atoms with Crippen LogP contribution >= 0.6 is 0 Å². The number of fused-ring (bicyclic) bond motifs is 1. The third-order valence-corrected chi connectivity index (χ3v) is 4.00. The molecule has 0 spiro atoms. The maximum Gasteiger partial charge on any atom is 0.0539 e. The molecule has 0 aromatic heterocycles. The van der Waals surface area contributed by atoms with E-state index in [0.717, 1.165) is 39.1 Å². The van der Waals surface area contributed by atoms with Gasteiger partial charge in [0.25, 0.3) is 0 Å². The number of benzene rings is 1. The summed E-state index contributed by atoms with van der Waals surface area (Å²) in [6.07, 6.45) is 1.16. The van der Waals surface area contributed by atoms with E-state index < -0.39 is 0 Å². The second kappa shape index (κ2) is 6.21. The van der Waals surface area contributed by atoms with Gasteiger partial charge in [0.05, 0.1) is 6.04 Å². The molecule has 0 bridgehead atoms. The predicted octanol–water partition coefficient (Wildman–Crippen LogP) is 1.72. The Labute approximate surface area is 111 Å². The van der Waals surface area contributed by atoms with Crippen molar-refractivity contribution in [3.8, 4) is 0 Å². The summed E-state index contributed by atoms with van der Waals surface area (Å²) >= 11 is 0. The first-order valence-corrected chi connectivity index (χ1v) is 7.07. The first-order valence-electron chi connectivity index (χ1n) is 7.07. The highest BCUT2D eigenvalue weighted by molar-refractivity contribution is 5.58. The van der Waals surface area contributed by atoms with Crippen LogP contribution in [0.1, 0.15) is 19.4 Å². The summed E-state index contributed by atoms with van der Waals surface area (Å²) in [6, 6.07) is 9.16. The van der Waals surface area contributed by atoms with Crippen LogP contribution in [0.25, 0.3) is 0 Å². The number of nitrogens with two attached hydrogens (primary N) is 1. The SMILES string of the molecule is CCN(CC)CC(CN)N1CCc2ccccc21. The summed E-state index contributed by atoms with van der Waals surface area (Å²) in [5.74, 6) is 0. The van der Waals surface area contributed by atoms with Crippen LogP contribution in [0, 0.1) is 0 Å². The second-order valence-corrected chi connectivity index (χ2v) is 4.95. The topological polar surface area (TPSA) is 32.5 Å². The highest BCUT2D eigenvalue weighted by atomic mass is 15.2. The highest BCUT2D eigenvalue weighted by Gasteiger charge is 2.25. The van der Waals surface area contributed by atoms with E-state index in [1.165, 1.54) is 11.3 Å². The van der Waals surface area contributed by atoms with Gasteiger partial charge >= 0.3 is 0 Å². The van der Waals surface area contributed by atoms with Gasteiger partial charge in [-0.2, -0.15) is 0 Å². The van der Waals surface area contributed by atoms with Gasteiger partial charge in [-0.1, -0.05) is 32.0 Å². The fourth-order valence-corrected chi connectivity index (χ4v) is 2.82. The summed E-state index contributed by atoms with van der Waals surface area (Å²) in [5, 5.41) is 0. The Hall–Kier alpha value is -1.06.